The molecule has 0 aliphatic carbocycles. The lowest BCUT2D eigenvalue weighted by atomic mass is 10.0. The molecule has 0 bridgehead atoms. The summed E-state index contributed by atoms with van der Waals surface area (Å²) in [6.45, 7) is 9.50. The lowest BCUT2D eigenvalue weighted by Crippen LogP contribution is -2.42. The van der Waals surface area contributed by atoms with Crippen LogP contribution in [0.1, 0.15) is 25.1 Å². The Morgan fingerprint density at radius 2 is 1.89 bits per heavy atom. The molecule has 2 aromatic rings. The van der Waals surface area contributed by atoms with Crippen molar-refractivity contribution in [3.63, 3.8) is 0 Å². The lowest BCUT2D eigenvalue weighted by molar-refractivity contribution is 0.170. The molecule has 5 nitrogen and oxygen atoms in total. The molecule has 0 saturated carbocycles. The first-order chi connectivity index (χ1) is 8.75. The molecular formula is C14H23N5. The monoisotopic (exact) mass is 261 g/mol. The maximum atomic E-state index is 5.99. The van der Waals surface area contributed by atoms with Crippen molar-refractivity contribution in [1.82, 2.24) is 19.4 Å². The molecule has 2 N–H and O–H groups in total. The van der Waals surface area contributed by atoms with Crippen molar-refractivity contribution in [2.45, 2.75) is 39.8 Å². The normalized spacial score (nSPS) is 12.6. The summed E-state index contributed by atoms with van der Waals surface area (Å²) < 4.78 is 2.24. The molecule has 0 unspecified atom stereocenters. The van der Waals surface area contributed by atoms with E-state index < -0.39 is 0 Å². The van der Waals surface area contributed by atoms with E-state index in [0.717, 1.165) is 17.6 Å². The maximum absolute atomic E-state index is 5.99. The highest BCUT2D eigenvalue weighted by atomic mass is 15.2. The van der Waals surface area contributed by atoms with Gasteiger partial charge in [-0.15, -0.1) is 0 Å². The molecule has 0 atom stereocenters. The van der Waals surface area contributed by atoms with Crippen LogP contribution in [0.15, 0.2) is 6.33 Å². The second-order valence-corrected chi connectivity index (χ2v) is 5.96. The molecule has 0 aliphatic rings. The predicted molar refractivity (Wildman–Crippen MR) is 79.2 cm³/mol. The van der Waals surface area contributed by atoms with Gasteiger partial charge < -0.3 is 15.2 Å². The number of fused-ring (bicyclic) bond motifs is 1. The zero-order valence-electron chi connectivity index (χ0n) is 12.7. The number of aryl methyl sites for hydroxylation is 1. The van der Waals surface area contributed by atoms with E-state index in [1.165, 1.54) is 17.6 Å². The molecule has 0 aliphatic heterocycles. The van der Waals surface area contributed by atoms with Gasteiger partial charge in [-0.25, -0.2) is 9.97 Å². The standard InChI is InChI=1S/C14H23N5/c1-9-10(2)19(7-14(3,4)18(5)6)13-11(9)12(15)16-8-17-13/h8H,7H2,1-6H3,(H2,15,16,17). The van der Waals surface area contributed by atoms with Gasteiger partial charge in [-0.3, -0.25) is 0 Å². The fourth-order valence-corrected chi connectivity index (χ4v) is 2.22. The van der Waals surface area contributed by atoms with Crippen molar-refractivity contribution >= 4 is 16.9 Å². The van der Waals surface area contributed by atoms with Gasteiger partial charge >= 0.3 is 0 Å². The number of nitrogen functional groups attached to an aromatic ring is 1. The van der Waals surface area contributed by atoms with Crippen LogP contribution in [-0.4, -0.2) is 39.1 Å². The van der Waals surface area contributed by atoms with E-state index >= 15 is 0 Å². The molecule has 0 aromatic carbocycles. The fraction of sp³-hybridized carbons (Fsp3) is 0.571. The largest absolute Gasteiger partial charge is 0.383 e. The van der Waals surface area contributed by atoms with Crippen LogP contribution >= 0.6 is 0 Å². The van der Waals surface area contributed by atoms with Crippen molar-refractivity contribution in [3.8, 4) is 0 Å². The smallest absolute Gasteiger partial charge is 0.146 e. The number of rotatable bonds is 3. The summed E-state index contributed by atoms with van der Waals surface area (Å²) in [6.07, 6.45) is 1.54. The molecule has 104 valence electrons. The van der Waals surface area contributed by atoms with Crippen LogP contribution < -0.4 is 5.73 Å². The van der Waals surface area contributed by atoms with Crippen molar-refractivity contribution in [3.05, 3.63) is 17.6 Å². The number of anilines is 1. The third-order valence-corrected chi connectivity index (χ3v) is 4.19. The van der Waals surface area contributed by atoms with Crippen LogP contribution in [-0.2, 0) is 6.54 Å². The number of hydrogen-bond donors (Lipinski definition) is 1. The van der Waals surface area contributed by atoms with Crippen molar-refractivity contribution in [1.29, 1.82) is 0 Å². The minimum absolute atomic E-state index is 0.0445. The lowest BCUT2D eigenvalue weighted by Gasteiger charge is -2.33. The topological polar surface area (TPSA) is 60.0 Å². The van der Waals surface area contributed by atoms with E-state index in [1.807, 2.05) is 0 Å². The quantitative estimate of drug-likeness (QED) is 0.917. The Bertz CT molecular complexity index is 610. The molecule has 2 rings (SSSR count). The number of nitrogens with zero attached hydrogens (tertiary/aromatic N) is 4. The minimum Gasteiger partial charge on any atom is -0.383 e. The number of likely N-dealkylation sites (N-methyl/N-ethyl adjacent to an activating group) is 1. The molecule has 0 radical (unpaired) electrons. The Balaban J connectivity index is 2.62. The van der Waals surface area contributed by atoms with E-state index in [4.69, 9.17) is 5.73 Å². The molecule has 0 fully saturated rings. The Morgan fingerprint density at radius 1 is 1.26 bits per heavy atom. The first-order valence-electron chi connectivity index (χ1n) is 6.49. The highest BCUT2D eigenvalue weighted by Crippen LogP contribution is 2.28. The Labute approximate surface area is 114 Å². The summed E-state index contributed by atoms with van der Waals surface area (Å²) in [7, 11) is 4.19. The third-order valence-electron chi connectivity index (χ3n) is 4.19. The van der Waals surface area contributed by atoms with Gasteiger partial charge in [0.2, 0.25) is 0 Å². The third kappa shape index (κ3) is 2.18. The van der Waals surface area contributed by atoms with Crippen LogP contribution in [0.5, 0.6) is 0 Å². The summed E-state index contributed by atoms with van der Waals surface area (Å²) in [5, 5.41) is 0.981. The minimum atomic E-state index is 0.0445. The highest BCUT2D eigenvalue weighted by molar-refractivity contribution is 5.90. The molecule has 0 amide bonds. The van der Waals surface area contributed by atoms with E-state index in [2.05, 4.69) is 61.2 Å². The van der Waals surface area contributed by atoms with Gasteiger partial charge in [-0.2, -0.15) is 0 Å². The Kier molecular flexibility index (Phi) is 3.26. The highest BCUT2D eigenvalue weighted by Gasteiger charge is 2.24. The molecule has 0 saturated heterocycles. The van der Waals surface area contributed by atoms with E-state index in [0.29, 0.717) is 5.82 Å². The van der Waals surface area contributed by atoms with Gasteiger partial charge in [-0.05, 0) is 47.4 Å². The van der Waals surface area contributed by atoms with Crippen LogP contribution in [0.25, 0.3) is 11.0 Å². The number of hydrogen-bond acceptors (Lipinski definition) is 4. The molecule has 5 heteroatoms. The Hall–Kier alpha value is -1.62. The van der Waals surface area contributed by atoms with Gasteiger partial charge in [-0.1, -0.05) is 0 Å². The van der Waals surface area contributed by atoms with Crippen LogP contribution in [0, 0.1) is 13.8 Å². The number of aromatic nitrogens is 3. The van der Waals surface area contributed by atoms with Crippen molar-refractivity contribution in [2.24, 2.45) is 0 Å². The first-order valence-corrected chi connectivity index (χ1v) is 6.49. The summed E-state index contributed by atoms with van der Waals surface area (Å²) in [5.41, 5.74) is 9.34. The van der Waals surface area contributed by atoms with Crippen LogP contribution in [0.3, 0.4) is 0 Å². The molecule has 0 spiro atoms. The average molecular weight is 261 g/mol. The van der Waals surface area contributed by atoms with E-state index in [9.17, 15) is 0 Å². The second-order valence-electron chi connectivity index (χ2n) is 5.96. The predicted octanol–water partition coefficient (Wildman–Crippen LogP) is 1.97. The van der Waals surface area contributed by atoms with Gasteiger partial charge in [0.25, 0.3) is 0 Å². The fourth-order valence-electron chi connectivity index (χ4n) is 2.22. The van der Waals surface area contributed by atoms with Gasteiger partial charge in [0.1, 0.15) is 17.8 Å². The zero-order valence-corrected chi connectivity index (χ0v) is 12.7. The van der Waals surface area contributed by atoms with Gasteiger partial charge in [0.05, 0.1) is 5.39 Å². The summed E-state index contributed by atoms with van der Waals surface area (Å²) in [4.78, 5) is 10.7. The molecular weight excluding hydrogens is 238 g/mol. The SMILES string of the molecule is Cc1c(C)n(CC(C)(C)N(C)C)c2ncnc(N)c12. The average Bonchev–Trinajstić information content (AvgIpc) is 2.55. The van der Waals surface area contributed by atoms with E-state index in [1.54, 1.807) is 0 Å². The van der Waals surface area contributed by atoms with Crippen LogP contribution in [0.2, 0.25) is 0 Å². The van der Waals surface area contributed by atoms with Crippen molar-refractivity contribution < 1.29 is 0 Å². The molecule has 19 heavy (non-hydrogen) atoms. The molecule has 2 heterocycles. The first kappa shape index (κ1) is 13.8. The van der Waals surface area contributed by atoms with Gasteiger partial charge in [0, 0.05) is 17.8 Å². The van der Waals surface area contributed by atoms with Crippen LogP contribution in [0.4, 0.5) is 5.82 Å². The number of nitrogens with two attached hydrogens (primary N) is 1. The summed E-state index contributed by atoms with van der Waals surface area (Å²) in [5.74, 6) is 0.562. The van der Waals surface area contributed by atoms with E-state index in [-0.39, 0.29) is 5.54 Å². The summed E-state index contributed by atoms with van der Waals surface area (Å²) >= 11 is 0. The zero-order chi connectivity index (χ0) is 14.4. The van der Waals surface area contributed by atoms with Crippen molar-refractivity contribution in [2.75, 3.05) is 19.8 Å². The summed E-state index contributed by atoms with van der Waals surface area (Å²) in [6, 6.07) is 0. The van der Waals surface area contributed by atoms with Gasteiger partial charge in [0.15, 0.2) is 0 Å². The second kappa shape index (κ2) is 4.49. The maximum Gasteiger partial charge on any atom is 0.146 e. The molecule has 2 aromatic heterocycles. The Morgan fingerprint density at radius 3 is 2.47 bits per heavy atom.